The average molecular weight is 615 g/mol. The third-order valence-corrected chi connectivity index (χ3v) is 8.17. The number of hydrogen-bond donors (Lipinski definition) is 3. The van der Waals surface area contributed by atoms with Gasteiger partial charge in [0, 0.05) is 24.9 Å². The number of imide groups is 1. The first-order valence-electron chi connectivity index (χ1n) is 16.2. The number of carbonyl (C=O) groups excluding carboxylic acids is 3. The number of benzene rings is 3. The molecular weight excluding hydrogens is 564 g/mol. The molecule has 8 nitrogen and oxygen atoms in total. The Balaban J connectivity index is 1.42. The number of carbonyl (C=O) groups is 3. The molecule has 0 unspecified atom stereocenters. The van der Waals surface area contributed by atoms with Crippen LogP contribution in [0.2, 0.25) is 0 Å². The first kappa shape index (κ1) is 34.3. The molecule has 45 heavy (non-hydrogen) atoms. The van der Waals surface area contributed by atoms with E-state index in [1.54, 1.807) is 20.8 Å². The van der Waals surface area contributed by atoms with E-state index in [0.717, 1.165) is 34.9 Å². The van der Waals surface area contributed by atoms with Gasteiger partial charge in [0.1, 0.15) is 6.04 Å². The summed E-state index contributed by atoms with van der Waals surface area (Å²) in [5.74, 6) is -0.993. The minimum atomic E-state index is -0.967. The van der Waals surface area contributed by atoms with Crippen LogP contribution >= 0.6 is 0 Å². The first-order chi connectivity index (χ1) is 21.4. The summed E-state index contributed by atoms with van der Waals surface area (Å²) in [5, 5.41) is 11.8. The molecule has 8 heteroatoms. The van der Waals surface area contributed by atoms with Crippen molar-refractivity contribution in [2.45, 2.75) is 84.6 Å². The number of rotatable bonds is 14. The molecule has 0 spiro atoms. The van der Waals surface area contributed by atoms with Crippen molar-refractivity contribution < 1.29 is 19.1 Å². The second kappa shape index (κ2) is 15.6. The van der Waals surface area contributed by atoms with E-state index in [0.29, 0.717) is 39.1 Å². The van der Waals surface area contributed by atoms with Crippen LogP contribution in [0.15, 0.2) is 72.8 Å². The highest BCUT2D eigenvalue weighted by atomic mass is 16.5. The molecule has 4 rings (SSSR count). The molecule has 3 N–H and O–H groups in total. The number of hydrogen-bond acceptors (Lipinski definition) is 6. The number of nitrogens with zero attached hydrogens (tertiary/aromatic N) is 1. The van der Waals surface area contributed by atoms with Gasteiger partial charge in [-0.1, -0.05) is 93.6 Å². The van der Waals surface area contributed by atoms with Crippen molar-refractivity contribution in [1.82, 2.24) is 20.9 Å². The highest BCUT2D eigenvalue weighted by molar-refractivity contribution is 6.04. The van der Waals surface area contributed by atoms with E-state index >= 15 is 0 Å². The quantitative estimate of drug-likeness (QED) is 0.221. The fourth-order valence-corrected chi connectivity index (χ4v) is 5.55. The van der Waals surface area contributed by atoms with Crippen molar-refractivity contribution in [2.75, 3.05) is 26.2 Å². The largest absolute Gasteiger partial charge is 0.370 e. The smallest absolute Gasteiger partial charge is 0.247 e. The summed E-state index contributed by atoms with van der Waals surface area (Å²) in [7, 11) is 0. The molecule has 0 bridgehead atoms. The van der Waals surface area contributed by atoms with Gasteiger partial charge in [-0.2, -0.15) is 0 Å². The lowest BCUT2D eigenvalue weighted by molar-refractivity contribution is -0.157. The Bertz CT molecular complexity index is 1430. The summed E-state index contributed by atoms with van der Waals surface area (Å²) in [5.41, 5.74) is 0.835. The summed E-state index contributed by atoms with van der Waals surface area (Å²) >= 11 is 0. The lowest BCUT2D eigenvalue weighted by Crippen LogP contribution is -2.59. The topological polar surface area (TPSA) is 99.8 Å². The lowest BCUT2D eigenvalue weighted by atomic mass is 9.91. The van der Waals surface area contributed by atoms with Gasteiger partial charge in [-0.25, -0.2) is 0 Å². The van der Waals surface area contributed by atoms with Crippen LogP contribution in [0.4, 0.5) is 0 Å². The highest BCUT2D eigenvalue weighted by Crippen LogP contribution is 2.25. The van der Waals surface area contributed by atoms with Gasteiger partial charge >= 0.3 is 0 Å². The molecule has 3 aromatic carbocycles. The Hall–Kier alpha value is -3.59. The molecule has 3 amide bonds. The molecule has 3 aromatic rings. The molecule has 1 fully saturated rings. The van der Waals surface area contributed by atoms with Crippen LogP contribution in [0.3, 0.4) is 0 Å². The van der Waals surface area contributed by atoms with Crippen LogP contribution in [0.5, 0.6) is 0 Å². The molecule has 2 atom stereocenters. The number of ether oxygens (including phenoxy) is 1. The molecule has 0 radical (unpaired) electrons. The van der Waals surface area contributed by atoms with Crippen molar-refractivity contribution in [3.8, 4) is 0 Å². The summed E-state index contributed by atoms with van der Waals surface area (Å²) in [6.07, 6.45) is 2.43. The van der Waals surface area contributed by atoms with E-state index in [1.807, 2.05) is 72.8 Å². The molecule has 1 saturated heterocycles. The summed E-state index contributed by atoms with van der Waals surface area (Å²) < 4.78 is 6.11. The minimum Gasteiger partial charge on any atom is -0.370 e. The molecule has 242 valence electrons. The zero-order valence-electron chi connectivity index (χ0n) is 27.5. The third-order valence-electron chi connectivity index (χ3n) is 8.17. The Morgan fingerprint density at radius 1 is 0.911 bits per heavy atom. The number of fused-ring (bicyclic) bond motifs is 1. The van der Waals surface area contributed by atoms with E-state index in [2.05, 4.69) is 29.8 Å². The van der Waals surface area contributed by atoms with Gasteiger partial charge in [-0.05, 0) is 68.1 Å². The van der Waals surface area contributed by atoms with E-state index < -0.39 is 17.5 Å². The molecule has 0 saturated carbocycles. The van der Waals surface area contributed by atoms with Gasteiger partial charge in [-0.3, -0.25) is 19.3 Å². The van der Waals surface area contributed by atoms with Gasteiger partial charge in [0.25, 0.3) is 0 Å². The van der Waals surface area contributed by atoms with Crippen molar-refractivity contribution >= 4 is 28.5 Å². The number of amides is 3. The standard InChI is InChI=1S/C37H50N4O4/c1-36(2,3)35(44)41(34(43)31-17-11-21-39-31)32(24-28-18-19-29-15-9-10-16-30(29)23-28)33(42)40-22-12-20-38-26-37(4,5)45-25-27-13-7-6-8-14-27/h6-10,13-16,18-19,23,31-32,38-39H,11-12,17,20-22,24-26H2,1-5H3,(H,40,42)/t31-,32+/m0/s1. The maximum absolute atomic E-state index is 13.9. The fraction of sp³-hybridized carbons (Fsp3) is 0.486. The molecule has 0 aromatic heterocycles. The van der Waals surface area contributed by atoms with Crippen LogP contribution in [-0.4, -0.2) is 66.5 Å². The van der Waals surface area contributed by atoms with Crippen molar-refractivity contribution in [2.24, 2.45) is 5.41 Å². The maximum atomic E-state index is 13.9. The Kier molecular flexibility index (Phi) is 11.9. The van der Waals surface area contributed by atoms with Crippen LogP contribution in [0.1, 0.15) is 65.0 Å². The van der Waals surface area contributed by atoms with Crippen molar-refractivity contribution in [3.63, 3.8) is 0 Å². The highest BCUT2D eigenvalue weighted by Gasteiger charge is 2.42. The van der Waals surface area contributed by atoms with Gasteiger partial charge in [0.15, 0.2) is 0 Å². The predicted molar refractivity (Wildman–Crippen MR) is 180 cm³/mol. The summed E-state index contributed by atoms with van der Waals surface area (Å²) in [6, 6.07) is 22.7. The maximum Gasteiger partial charge on any atom is 0.247 e. The summed E-state index contributed by atoms with van der Waals surface area (Å²) in [4.78, 5) is 42.9. The molecular formula is C37H50N4O4. The van der Waals surface area contributed by atoms with Crippen LogP contribution < -0.4 is 16.0 Å². The first-order valence-corrected chi connectivity index (χ1v) is 16.2. The van der Waals surface area contributed by atoms with E-state index in [4.69, 9.17) is 4.74 Å². The van der Waals surface area contributed by atoms with E-state index in [1.165, 1.54) is 4.90 Å². The molecule has 0 aliphatic carbocycles. The lowest BCUT2D eigenvalue weighted by Gasteiger charge is -2.35. The molecule has 1 aliphatic heterocycles. The normalized spacial score (nSPS) is 16.0. The van der Waals surface area contributed by atoms with Gasteiger partial charge in [0.05, 0.1) is 18.2 Å². The number of nitrogens with one attached hydrogen (secondary N) is 3. The second-order valence-electron chi connectivity index (χ2n) is 13.7. The third kappa shape index (κ3) is 9.95. The van der Waals surface area contributed by atoms with Crippen LogP contribution in [0, 0.1) is 5.41 Å². The zero-order valence-corrected chi connectivity index (χ0v) is 27.5. The van der Waals surface area contributed by atoms with Crippen molar-refractivity contribution in [1.29, 1.82) is 0 Å². The SMILES string of the molecule is CC(C)(CNCCCNC(=O)[C@@H](Cc1ccc2ccccc2c1)N(C(=O)[C@@H]1CCCN1)C(=O)C(C)(C)C)OCc1ccccc1. The summed E-state index contributed by atoms with van der Waals surface area (Å²) in [6.45, 7) is 12.5. The Morgan fingerprint density at radius 3 is 2.31 bits per heavy atom. The van der Waals surface area contributed by atoms with E-state index in [9.17, 15) is 14.4 Å². The predicted octanol–water partition coefficient (Wildman–Crippen LogP) is 5.00. The Morgan fingerprint density at radius 2 is 1.62 bits per heavy atom. The molecule has 1 heterocycles. The second-order valence-corrected chi connectivity index (χ2v) is 13.7. The minimum absolute atomic E-state index is 0.238. The van der Waals surface area contributed by atoms with Crippen LogP contribution in [-0.2, 0) is 32.1 Å². The van der Waals surface area contributed by atoms with Crippen LogP contribution in [0.25, 0.3) is 10.8 Å². The monoisotopic (exact) mass is 614 g/mol. The molecule has 1 aliphatic rings. The van der Waals surface area contributed by atoms with Gasteiger partial charge in [-0.15, -0.1) is 0 Å². The fourth-order valence-electron chi connectivity index (χ4n) is 5.55. The Labute approximate surface area is 268 Å². The zero-order chi connectivity index (χ0) is 32.5. The van der Waals surface area contributed by atoms with Crippen molar-refractivity contribution in [3.05, 3.63) is 83.9 Å². The van der Waals surface area contributed by atoms with Gasteiger partial charge in [0.2, 0.25) is 17.7 Å². The average Bonchev–Trinajstić information content (AvgIpc) is 3.56. The van der Waals surface area contributed by atoms with E-state index in [-0.39, 0.29) is 29.7 Å². The van der Waals surface area contributed by atoms with Gasteiger partial charge < -0.3 is 20.7 Å².